The van der Waals surface area contributed by atoms with Crippen molar-refractivity contribution in [3.63, 3.8) is 0 Å². The van der Waals surface area contributed by atoms with E-state index < -0.39 is 5.97 Å². The average Bonchev–Trinajstić information content (AvgIpc) is 2.72. The van der Waals surface area contributed by atoms with Crippen molar-refractivity contribution in [3.8, 4) is 0 Å². The maximum Gasteiger partial charge on any atom is 0.356 e. The summed E-state index contributed by atoms with van der Waals surface area (Å²) in [4.78, 5) is 14.4. The number of aromatic nitrogens is 2. The third-order valence-corrected chi connectivity index (χ3v) is 2.52. The second-order valence-electron chi connectivity index (χ2n) is 3.81. The first-order valence-electron chi connectivity index (χ1n) is 5.06. The minimum Gasteiger partial charge on any atom is -0.476 e. The smallest absolute Gasteiger partial charge is 0.356 e. The van der Waals surface area contributed by atoms with Gasteiger partial charge in [-0.1, -0.05) is 6.07 Å². The zero-order valence-corrected chi connectivity index (χ0v) is 9.22. The number of hydrogen-bond acceptors (Lipinski definition) is 2. The highest BCUT2D eigenvalue weighted by molar-refractivity contribution is 5.84. The van der Waals surface area contributed by atoms with Crippen molar-refractivity contribution in [2.45, 2.75) is 13.5 Å². The number of carboxylic acid groups (broad SMARTS) is 1. The highest BCUT2D eigenvalue weighted by atomic mass is 19.1. The fourth-order valence-corrected chi connectivity index (χ4v) is 1.56. The van der Waals surface area contributed by atoms with Crippen LogP contribution in [0.2, 0.25) is 0 Å². The predicted octanol–water partition coefficient (Wildman–Crippen LogP) is 2.08. The van der Waals surface area contributed by atoms with E-state index in [1.165, 1.54) is 24.7 Å². The maximum absolute atomic E-state index is 13.1. The molecule has 88 valence electrons. The van der Waals surface area contributed by atoms with Gasteiger partial charge in [0.1, 0.15) is 5.82 Å². The molecular formula is C12H11FN2O2. The molecule has 0 bridgehead atoms. The molecule has 1 aromatic heterocycles. The summed E-state index contributed by atoms with van der Waals surface area (Å²) in [5.74, 6) is -1.37. The van der Waals surface area contributed by atoms with E-state index in [4.69, 9.17) is 5.11 Å². The van der Waals surface area contributed by atoms with Gasteiger partial charge in [-0.05, 0) is 30.2 Å². The molecule has 1 heterocycles. The SMILES string of the molecule is Cc1ccc(F)cc1Cn1cnc(C(=O)O)c1. The van der Waals surface area contributed by atoms with Gasteiger partial charge in [-0.15, -0.1) is 0 Å². The Morgan fingerprint density at radius 2 is 2.29 bits per heavy atom. The van der Waals surface area contributed by atoms with Gasteiger partial charge in [0, 0.05) is 12.7 Å². The minimum absolute atomic E-state index is 0.0148. The molecule has 1 N–H and O–H groups in total. The minimum atomic E-state index is -1.07. The molecule has 1 aromatic carbocycles. The zero-order chi connectivity index (χ0) is 12.4. The van der Waals surface area contributed by atoms with Gasteiger partial charge < -0.3 is 9.67 Å². The highest BCUT2D eigenvalue weighted by Gasteiger charge is 2.07. The lowest BCUT2D eigenvalue weighted by Gasteiger charge is -2.06. The monoisotopic (exact) mass is 234 g/mol. The van der Waals surface area contributed by atoms with Gasteiger partial charge in [-0.25, -0.2) is 14.2 Å². The molecule has 2 rings (SSSR count). The summed E-state index contributed by atoms with van der Waals surface area (Å²) in [7, 11) is 0. The lowest BCUT2D eigenvalue weighted by atomic mass is 10.1. The second kappa shape index (κ2) is 4.37. The third kappa shape index (κ3) is 2.50. The average molecular weight is 234 g/mol. The zero-order valence-electron chi connectivity index (χ0n) is 9.22. The Morgan fingerprint density at radius 3 is 2.94 bits per heavy atom. The predicted molar refractivity (Wildman–Crippen MR) is 59.4 cm³/mol. The van der Waals surface area contributed by atoms with Gasteiger partial charge in [0.25, 0.3) is 0 Å². The number of carboxylic acids is 1. The number of imidazole rings is 1. The summed E-state index contributed by atoms with van der Waals surface area (Å²) in [6.07, 6.45) is 2.85. The molecule has 0 saturated carbocycles. The van der Waals surface area contributed by atoms with Crippen molar-refractivity contribution in [1.82, 2.24) is 9.55 Å². The first-order valence-corrected chi connectivity index (χ1v) is 5.06. The third-order valence-electron chi connectivity index (χ3n) is 2.52. The molecule has 0 spiro atoms. The summed E-state index contributed by atoms with van der Waals surface area (Å²) in [5.41, 5.74) is 1.75. The summed E-state index contributed by atoms with van der Waals surface area (Å²) < 4.78 is 14.7. The molecule has 0 atom stereocenters. The summed E-state index contributed by atoms with van der Waals surface area (Å²) >= 11 is 0. The van der Waals surface area contributed by atoms with Crippen LogP contribution in [-0.4, -0.2) is 20.6 Å². The van der Waals surface area contributed by atoms with E-state index in [1.807, 2.05) is 6.92 Å². The van der Waals surface area contributed by atoms with Gasteiger partial charge in [-0.3, -0.25) is 0 Å². The molecule has 17 heavy (non-hydrogen) atoms. The molecule has 5 heteroatoms. The Kier molecular flexibility index (Phi) is 2.91. The van der Waals surface area contributed by atoms with Crippen molar-refractivity contribution >= 4 is 5.97 Å². The molecule has 0 aliphatic carbocycles. The number of aromatic carboxylic acids is 1. The number of halogens is 1. The maximum atomic E-state index is 13.1. The van der Waals surface area contributed by atoms with Crippen molar-refractivity contribution in [3.05, 3.63) is 53.4 Å². The molecule has 0 aliphatic rings. The highest BCUT2D eigenvalue weighted by Crippen LogP contribution is 2.12. The first-order chi connectivity index (χ1) is 8.06. The van der Waals surface area contributed by atoms with Crippen LogP contribution in [-0.2, 0) is 6.54 Å². The number of aryl methyl sites for hydroxylation is 1. The molecule has 0 fully saturated rings. The van der Waals surface area contributed by atoms with Gasteiger partial charge in [0.2, 0.25) is 0 Å². The normalized spacial score (nSPS) is 10.5. The molecule has 4 nitrogen and oxygen atoms in total. The first kappa shape index (κ1) is 11.3. The quantitative estimate of drug-likeness (QED) is 0.884. The van der Waals surface area contributed by atoms with Gasteiger partial charge >= 0.3 is 5.97 Å². The van der Waals surface area contributed by atoms with Crippen LogP contribution in [0.1, 0.15) is 21.6 Å². The summed E-state index contributed by atoms with van der Waals surface area (Å²) in [5, 5.41) is 8.73. The number of hydrogen-bond donors (Lipinski definition) is 1. The largest absolute Gasteiger partial charge is 0.476 e. The van der Waals surface area contributed by atoms with Crippen LogP contribution in [0.5, 0.6) is 0 Å². The molecule has 0 saturated heterocycles. The summed E-state index contributed by atoms with van der Waals surface area (Å²) in [6.45, 7) is 2.29. The molecule has 0 aliphatic heterocycles. The van der Waals surface area contributed by atoms with E-state index in [-0.39, 0.29) is 11.5 Å². The Balaban J connectivity index is 2.25. The number of benzene rings is 1. The molecule has 0 amide bonds. The Morgan fingerprint density at radius 1 is 1.53 bits per heavy atom. The fourth-order valence-electron chi connectivity index (χ4n) is 1.56. The van der Waals surface area contributed by atoms with Crippen LogP contribution < -0.4 is 0 Å². The van der Waals surface area contributed by atoms with Crippen LogP contribution in [0.4, 0.5) is 4.39 Å². The van der Waals surface area contributed by atoms with E-state index in [2.05, 4.69) is 4.98 Å². The van der Waals surface area contributed by atoms with Crippen LogP contribution >= 0.6 is 0 Å². The van der Waals surface area contributed by atoms with E-state index in [0.29, 0.717) is 6.54 Å². The van der Waals surface area contributed by atoms with Gasteiger partial charge in [0.15, 0.2) is 5.69 Å². The molecular weight excluding hydrogens is 223 g/mol. The molecule has 0 radical (unpaired) electrons. The number of nitrogens with zero attached hydrogens (tertiary/aromatic N) is 2. The summed E-state index contributed by atoms with van der Waals surface area (Å²) in [6, 6.07) is 4.53. The van der Waals surface area contributed by atoms with E-state index in [9.17, 15) is 9.18 Å². The van der Waals surface area contributed by atoms with E-state index >= 15 is 0 Å². The lowest BCUT2D eigenvalue weighted by molar-refractivity contribution is 0.0691. The van der Waals surface area contributed by atoms with E-state index in [0.717, 1.165) is 11.1 Å². The molecule has 2 aromatic rings. The van der Waals surface area contributed by atoms with Crippen molar-refractivity contribution < 1.29 is 14.3 Å². The Hall–Kier alpha value is -2.17. The van der Waals surface area contributed by atoms with Gasteiger partial charge in [-0.2, -0.15) is 0 Å². The van der Waals surface area contributed by atoms with Crippen molar-refractivity contribution in [2.75, 3.05) is 0 Å². The van der Waals surface area contributed by atoms with Gasteiger partial charge in [0.05, 0.1) is 6.33 Å². The van der Waals surface area contributed by atoms with Crippen LogP contribution in [0, 0.1) is 12.7 Å². The van der Waals surface area contributed by atoms with Crippen LogP contribution in [0.3, 0.4) is 0 Å². The molecule has 0 unspecified atom stereocenters. The topological polar surface area (TPSA) is 55.1 Å². The second-order valence-corrected chi connectivity index (χ2v) is 3.81. The Labute approximate surface area is 97.3 Å². The Bertz CT molecular complexity index is 563. The van der Waals surface area contributed by atoms with Crippen LogP contribution in [0.25, 0.3) is 0 Å². The number of rotatable bonds is 3. The standard InChI is InChI=1S/C12H11FN2O2/c1-8-2-3-10(13)4-9(8)5-15-6-11(12(16)17)14-7-15/h2-4,6-7H,5H2,1H3,(H,16,17). The van der Waals surface area contributed by atoms with Crippen molar-refractivity contribution in [2.24, 2.45) is 0 Å². The lowest BCUT2D eigenvalue weighted by Crippen LogP contribution is -2.00. The fraction of sp³-hybridized carbons (Fsp3) is 0.167. The van der Waals surface area contributed by atoms with Crippen LogP contribution in [0.15, 0.2) is 30.7 Å². The number of carbonyl (C=O) groups is 1. The van der Waals surface area contributed by atoms with Crippen molar-refractivity contribution in [1.29, 1.82) is 0 Å². The van der Waals surface area contributed by atoms with E-state index in [1.54, 1.807) is 10.6 Å².